The third-order valence-corrected chi connectivity index (χ3v) is 2.96. The highest BCUT2D eigenvalue weighted by molar-refractivity contribution is 6.31. The lowest BCUT2D eigenvalue weighted by atomic mass is 9.92. The molecule has 3 nitrogen and oxygen atoms in total. The molecular weight excluding hydrogens is 233 g/mol. The van der Waals surface area contributed by atoms with Crippen molar-refractivity contribution in [3.63, 3.8) is 0 Å². The van der Waals surface area contributed by atoms with Gasteiger partial charge in [-0.05, 0) is 31.0 Å². The number of aliphatic carboxylic acids is 1. The molecule has 1 atom stereocenters. The van der Waals surface area contributed by atoms with Gasteiger partial charge in [0.2, 0.25) is 0 Å². The summed E-state index contributed by atoms with van der Waals surface area (Å²) in [4.78, 5) is 11.0. The Balaban J connectivity index is 3.47. The second kappa shape index (κ2) is 4.80. The first-order valence-corrected chi connectivity index (χ1v) is 5.15. The number of rotatable bonds is 3. The highest BCUT2D eigenvalue weighted by Crippen LogP contribution is 2.30. The number of nitrogens with two attached hydrogens (primary N) is 1. The average molecular weight is 246 g/mol. The molecule has 1 aromatic carbocycles. The van der Waals surface area contributed by atoms with Crippen molar-refractivity contribution in [3.05, 3.63) is 33.6 Å². The molecule has 0 amide bonds. The van der Waals surface area contributed by atoms with Crippen LogP contribution in [0.15, 0.2) is 6.07 Å². The molecule has 5 heteroatoms. The fourth-order valence-electron chi connectivity index (χ4n) is 1.62. The van der Waals surface area contributed by atoms with E-state index in [1.807, 2.05) is 0 Å². The lowest BCUT2D eigenvalue weighted by molar-refractivity contribution is -0.138. The lowest BCUT2D eigenvalue weighted by Gasteiger charge is -2.16. The van der Waals surface area contributed by atoms with Crippen molar-refractivity contribution in [2.45, 2.75) is 19.8 Å². The van der Waals surface area contributed by atoms with Crippen LogP contribution in [0.1, 0.15) is 22.6 Å². The molecule has 0 aliphatic carbocycles. The predicted molar refractivity (Wildman–Crippen MR) is 60.3 cm³/mol. The van der Waals surface area contributed by atoms with Gasteiger partial charge in [-0.1, -0.05) is 11.6 Å². The fraction of sp³-hybridized carbons (Fsp3) is 0.364. The van der Waals surface area contributed by atoms with Gasteiger partial charge in [0.05, 0.1) is 5.92 Å². The van der Waals surface area contributed by atoms with Gasteiger partial charge in [0.1, 0.15) is 5.82 Å². The first-order valence-electron chi connectivity index (χ1n) is 4.78. The molecule has 1 aromatic rings. The molecular formula is C11H13ClFNO2. The summed E-state index contributed by atoms with van der Waals surface area (Å²) in [6.07, 6.45) is 0. The monoisotopic (exact) mass is 245 g/mol. The molecule has 0 saturated heterocycles. The van der Waals surface area contributed by atoms with Crippen molar-refractivity contribution in [2.24, 2.45) is 5.73 Å². The number of hydrogen-bond acceptors (Lipinski definition) is 2. The van der Waals surface area contributed by atoms with Gasteiger partial charge in [-0.25, -0.2) is 4.39 Å². The maximum atomic E-state index is 13.9. The molecule has 0 saturated carbocycles. The van der Waals surface area contributed by atoms with Crippen LogP contribution in [-0.4, -0.2) is 17.6 Å². The van der Waals surface area contributed by atoms with E-state index in [4.69, 9.17) is 22.4 Å². The summed E-state index contributed by atoms with van der Waals surface area (Å²) < 4.78 is 13.9. The van der Waals surface area contributed by atoms with E-state index in [-0.39, 0.29) is 12.1 Å². The van der Waals surface area contributed by atoms with Gasteiger partial charge in [0, 0.05) is 17.1 Å². The molecule has 0 fully saturated rings. The highest BCUT2D eigenvalue weighted by Gasteiger charge is 2.25. The zero-order valence-corrected chi connectivity index (χ0v) is 9.81. The van der Waals surface area contributed by atoms with Gasteiger partial charge in [-0.15, -0.1) is 0 Å². The van der Waals surface area contributed by atoms with Crippen molar-refractivity contribution in [2.75, 3.05) is 6.54 Å². The smallest absolute Gasteiger partial charge is 0.312 e. The molecule has 0 aliphatic heterocycles. The molecule has 1 rings (SSSR count). The second-order valence-electron chi connectivity index (χ2n) is 3.65. The van der Waals surface area contributed by atoms with Crippen LogP contribution >= 0.6 is 11.6 Å². The van der Waals surface area contributed by atoms with E-state index in [0.29, 0.717) is 16.1 Å². The Morgan fingerprint density at radius 2 is 2.19 bits per heavy atom. The van der Waals surface area contributed by atoms with E-state index in [0.717, 1.165) is 0 Å². The zero-order chi connectivity index (χ0) is 12.5. The number of hydrogen-bond donors (Lipinski definition) is 2. The largest absolute Gasteiger partial charge is 0.481 e. The molecule has 0 radical (unpaired) electrons. The summed E-state index contributed by atoms with van der Waals surface area (Å²) in [7, 11) is 0. The van der Waals surface area contributed by atoms with Gasteiger partial charge in [0.15, 0.2) is 0 Å². The van der Waals surface area contributed by atoms with E-state index in [1.165, 1.54) is 6.07 Å². The van der Waals surface area contributed by atoms with Crippen molar-refractivity contribution in [3.8, 4) is 0 Å². The molecule has 1 unspecified atom stereocenters. The summed E-state index contributed by atoms with van der Waals surface area (Å²) in [5, 5.41) is 9.32. The summed E-state index contributed by atoms with van der Waals surface area (Å²) in [6.45, 7) is 2.97. The Kier molecular flexibility index (Phi) is 3.88. The molecule has 0 aromatic heterocycles. The maximum Gasteiger partial charge on any atom is 0.312 e. The molecule has 0 heterocycles. The molecule has 0 spiro atoms. The Bertz CT molecular complexity index is 408. The van der Waals surface area contributed by atoms with Crippen LogP contribution in [-0.2, 0) is 4.79 Å². The third kappa shape index (κ3) is 2.18. The Morgan fingerprint density at radius 1 is 1.62 bits per heavy atom. The minimum atomic E-state index is -1.15. The standard InChI is InChI=1S/C11H13ClFNO2/c1-5-3-8(12)6(2)9(10(5)13)7(4-14)11(15)16/h3,7H,4,14H2,1-2H3,(H,15,16). The van der Waals surface area contributed by atoms with Gasteiger partial charge < -0.3 is 10.8 Å². The zero-order valence-electron chi connectivity index (χ0n) is 9.05. The number of benzene rings is 1. The average Bonchev–Trinajstić information content (AvgIpc) is 2.21. The van der Waals surface area contributed by atoms with Crippen molar-refractivity contribution in [1.82, 2.24) is 0 Å². The first-order chi connectivity index (χ1) is 7.40. The minimum absolute atomic E-state index is 0.0833. The minimum Gasteiger partial charge on any atom is -0.481 e. The molecule has 0 aliphatic rings. The van der Waals surface area contributed by atoms with E-state index in [1.54, 1.807) is 13.8 Å². The lowest BCUT2D eigenvalue weighted by Crippen LogP contribution is -2.23. The maximum absolute atomic E-state index is 13.9. The number of carboxylic acids is 1. The van der Waals surface area contributed by atoms with E-state index < -0.39 is 17.7 Å². The Labute approximate surface area is 98.0 Å². The fourth-order valence-corrected chi connectivity index (χ4v) is 1.89. The van der Waals surface area contributed by atoms with Crippen molar-refractivity contribution >= 4 is 17.6 Å². The summed E-state index contributed by atoms with van der Waals surface area (Å²) >= 11 is 5.90. The predicted octanol–water partition coefficient (Wildman–Crippen LogP) is 2.22. The number of carbonyl (C=O) groups is 1. The van der Waals surface area contributed by atoms with Crippen molar-refractivity contribution in [1.29, 1.82) is 0 Å². The SMILES string of the molecule is Cc1cc(Cl)c(C)c(C(CN)C(=O)O)c1F. The normalized spacial score (nSPS) is 12.6. The van der Waals surface area contributed by atoms with Crippen LogP contribution in [0.5, 0.6) is 0 Å². The number of halogens is 2. The van der Waals surface area contributed by atoms with Gasteiger partial charge in [-0.3, -0.25) is 4.79 Å². The van der Waals surface area contributed by atoms with Gasteiger partial charge >= 0.3 is 5.97 Å². The van der Waals surface area contributed by atoms with Crippen molar-refractivity contribution < 1.29 is 14.3 Å². The number of aryl methyl sites for hydroxylation is 1. The summed E-state index contributed by atoms with van der Waals surface area (Å²) in [5.41, 5.74) is 6.19. The van der Waals surface area contributed by atoms with Gasteiger partial charge in [-0.2, -0.15) is 0 Å². The van der Waals surface area contributed by atoms with E-state index in [2.05, 4.69) is 0 Å². The van der Waals surface area contributed by atoms with Crippen LogP contribution in [0.2, 0.25) is 5.02 Å². The Morgan fingerprint density at radius 3 is 2.62 bits per heavy atom. The topological polar surface area (TPSA) is 63.3 Å². The van der Waals surface area contributed by atoms with E-state index >= 15 is 0 Å². The number of carboxylic acid groups (broad SMARTS) is 1. The van der Waals surface area contributed by atoms with Crippen LogP contribution < -0.4 is 5.73 Å². The van der Waals surface area contributed by atoms with Crippen LogP contribution in [0.25, 0.3) is 0 Å². The molecule has 0 bridgehead atoms. The van der Waals surface area contributed by atoms with Crippen LogP contribution in [0.4, 0.5) is 4.39 Å². The molecule has 16 heavy (non-hydrogen) atoms. The first kappa shape index (κ1) is 12.9. The van der Waals surface area contributed by atoms with Crippen LogP contribution in [0, 0.1) is 19.7 Å². The highest BCUT2D eigenvalue weighted by atomic mass is 35.5. The quantitative estimate of drug-likeness (QED) is 0.858. The summed E-state index contributed by atoms with van der Waals surface area (Å²) in [5.74, 6) is -2.75. The second-order valence-corrected chi connectivity index (χ2v) is 4.06. The summed E-state index contributed by atoms with van der Waals surface area (Å²) in [6, 6.07) is 1.48. The van der Waals surface area contributed by atoms with Crippen LogP contribution in [0.3, 0.4) is 0 Å². The van der Waals surface area contributed by atoms with E-state index in [9.17, 15) is 9.18 Å². The van der Waals surface area contributed by atoms with Gasteiger partial charge in [0.25, 0.3) is 0 Å². The third-order valence-electron chi connectivity index (χ3n) is 2.57. The molecule has 3 N–H and O–H groups in total. The Hall–Kier alpha value is -1.13. The molecule has 88 valence electrons.